The second kappa shape index (κ2) is 6.57. The van der Waals surface area contributed by atoms with Gasteiger partial charge in [-0.3, -0.25) is 0 Å². The number of pyridine rings is 1. The van der Waals surface area contributed by atoms with Crippen molar-refractivity contribution in [1.29, 1.82) is 0 Å². The predicted molar refractivity (Wildman–Crippen MR) is 88.3 cm³/mol. The van der Waals surface area contributed by atoms with E-state index < -0.39 is 0 Å². The maximum absolute atomic E-state index is 6.26. The average Bonchev–Trinajstić information content (AvgIpc) is 2.58. The minimum Gasteiger partial charge on any atom is -0.393 e. The molecule has 0 amide bonds. The van der Waals surface area contributed by atoms with Gasteiger partial charge in [0.15, 0.2) is 11.6 Å². The van der Waals surface area contributed by atoms with Crippen molar-refractivity contribution >= 4 is 23.1 Å². The average molecular weight is 299 g/mol. The number of nitrogens with two attached hydrogens (primary N) is 1. The van der Waals surface area contributed by atoms with Gasteiger partial charge in [-0.2, -0.15) is 0 Å². The summed E-state index contributed by atoms with van der Waals surface area (Å²) >= 11 is 0. The molecule has 2 aromatic heterocycles. The zero-order valence-electron chi connectivity index (χ0n) is 12.7. The van der Waals surface area contributed by atoms with Crippen molar-refractivity contribution in [2.45, 2.75) is 6.92 Å². The molecule has 0 atom stereocenters. The lowest BCUT2D eigenvalue weighted by molar-refractivity contribution is 0.270. The molecule has 0 unspecified atom stereocenters. The standard InChI is InChI=1S/C15H21N7/c1-2-21-7-9-22(10-8-21)15-13(16)14(18-11-19-15)20-12-5-3-4-6-17-12/h3-6,11H,2,7-10,16H2,1H3,(H,17,18,19,20). The molecule has 116 valence electrons. The van der Waals surface area contributed by atoms with Crippen LogP contribution in [0.3, 0.4) is 0 Å². The summed E-state index contributed by atoms with van der Waals surface area (Å²) in [5, 5.41) is 3.15. The normalized spacial score (nSPS) is 15.8. The fourth-order valence-corrected chi connectivity index (χ4v) is 2.57. The Labute approximate surface area is 130 Å². The second-order valence-corrected chi connectivity index (χ2v) is 5.22. The number of likely N-dealkylation sites (N-methyl/N-ethyl adjacent to an activating group) is 1. The van der Waals surface area contributed by atoms with E-state index in [9.17, 15) is 0 Å². The van der Waals surface area contributed by atoms with Gasteiger partial charge in [0.2, 0.25) is 0 Å². The summed E-state index contributed by atoms with van der Waals surface area (Å²) < 4.78 is 0. The van der Waals surface area contributed by atoms with Crippen LogP contribution in [-0.2, 0) is 0 Å². The van der Waals surface area contributed by atoms with Crippen molar-refractivity contribution in [3.05, 3.63) is 30.7 Å². The van der Waals surface area contributed by atoms with E-state index in [4.69, 9.17) is 5.73 Å². The number of piperazine rings is 1. The predicted octanol–water partition coefficient (Wildman–Crippen LogP) is 1.34. The molecule has 2 aromatic rings. The van der Waals surface area contributed by atoms with Crippen LogP contribution in [0.2, 0.25) is 0 Å². The van der Waals surface area contributed by atoms with Crippen molar-refractivity contribution in [3.63, 3.8) is 0 Å². The summed E-state index contributed by atoms with van der Waals surface area (Å²) in [5.74, 6) is 2.11. The van der Waals surface area contributed by atoms with Gasteiger partial charge < -0.3 is 20.9 Å². The van der Waals surface area contributed by atoms with Crippen LogP contribution in [0, 0.1) is 0 Å². The van der Waals surface area contributed by atoms with Gasteiger partial charge in [-0.25, -0.2) is 15.0 Å². The Kier molecular flexibility index (Phi) is 4.34. The van der Waals surface area contributed by atoms with Gasteiger partial charge in [0.1, 0.15) is 17.8 Å². The summed E-state index contributed by atoms with van der Waals surface area (Å²) in [7, 11) is 0. The van der Waals surface area contributed by atoms with Gasteiger partial charge in [-0.05, 0) is 18.7 Å². The Morgan fingerprint density at radius 1 is 1.14 bits per heavy atom. The number of hydrogen-bond acceptors (Lipinski definition) is 7. The highest BCUT2D eigenvalue weighted by molar-refractivity contribution is 5.77. The molecule has 1 saturated heterocycles. The number of aromatic nitrogens is 3. The molecule has 0 saturated carbocycles. The molecule has 3 rings (SSSR count). The lowest BCUT2D eigenvalue weighted by atomic mass is 10.3. The first-order valence-electron chi connectivity index (χ1n) is 7.53. The number of nitrogens with zero attached hydrogens (tertiary/aromatic N) is 5. The van der Waals surface area contributed by atoms with Crippen LogP contribution < -0.4 is 16.0 Å². The molecule has 1 fully saturated rings. The number of nitrogen functional groups attached to an aromatic ring is 1. The summed E-state index contributed by atoms with van der Waals surface area (Å²) in [6.07, 6.45) is 3.27. The largest absolute Gasteiger partial charge is 0.393 e. The van der Waals surface area contributed by atoms with Crippen molar-refractivity contribution in [2.24, 2.45) is 0 Å². The highest BCUT2D eigenvalue weighted by Gasteiger charge is 2.20. The number of rotatable bonds is 4. The Bertz CT molecular complexity index is 609. The third kappa shape index (κ3) is 3.09. The molecular weight excluding hydrogens is 278 g/mol. The van der Waals surface area contributed by atoms with E-state index in [-0.39, 0.29) is 0 Å². The summed E-state index contributed by atoms with van der Waals surface area (Å²) in [6.45, 7) is 7.19. The minimum absolute atomic E-state index is 0.568. The van der Waals surface area contributed by atoms with Crippen molar-refractivity contribution < 1.29 is 0 Å². The zero-order valence-corrected chi connectivity index (χ0v) is 12.7. The first-order chi connectivity index (χ1) is 10.8. The summed E-state index contributed by atoms with van der Waals surface area (Å²) in [6, 6.07) is 5.66. The molecule has 0 bridgehead atoms. The van der Waals surface area contributed by atoms with E-state index in [1.54, 1.807) is 12.5 Å². The molecule has 3 heterocycles. The third-order valence-corrected chi connectivity index (χ3v) is 3.89. The second-order valence-electron chi connectivity index (χ2n) is 5.22. The number of anilines is 4. The van der Waals surface area contributed by atoms with E-state index in [0.29, 0.717) is 11.5 Å². The highest BCUT2D eigenvalue weighted by Crippen LogP contribution is 2.28. The first-order valence-corrected chi connectivity index (χ1v) is 7.53. The molecule has 1 aliphatic heterocycles. The van der Waals surface area contributed by atoms with E-state index in [2.05, 4.69) is 37.0 Å². The Morgan fingerprint density at radius 2 is 1.95 bits per heavy atom. The Hall–Kier alpha value is -2.41. The molecule has 0 spiro atoms. The molecule has 1 aliphatic rings. The van der Waals surface area contributed by atoms with Crippen LogP contribution >= 0.6 is 0 Å². The molecule has 0 aliphatic carbocycles. The topological polar surface area (TPSA) is 83.2 Å². The van der Waals surface area contributed by atoms with E-state index in [1.165, 1.54) is 0 Å². The van der Waals surface area contributed by atoms with Crippen molar-refractivity contribution in [3.8, 4) is 0 Å². The lowest BCUT2D eigenvalue weighted by Gasteiger charge is -2.35. The third-order valence-electron chi connectivity index (χ3n) is 3.89. The van der Waals surface area contributed by atoms with Gasteiger partial charge in [0, 0.05) is 32.4 Å². The van der Waals surface area contributed by atoms with Gasteiger partial charge in [0.25, 0.3) is 0 Å². The van der Waals surface area contributed by atoms with Crippen LogP contribution in [0.4, 0.5) is 23.1 Å². The molecular formula is C15H21N7. The molecule has 0 aromatic carbocycles. The SMILES string of the molecule is CCN1CCN(c2ncnc(Nc3ccccn3)c2N)CC1. The first kappa shape index (κ1) is 14.5. The van der Waals surface area contributed by atoms with Crippen LogP contribution in [0.25, 0.3) is 0 Å². The number of hydrogen-bond donors (Lipinski definition) is 2. The molecule has 3 N–H and O–H groups in total. The van der Waals surface area contributed by atoms with E-state index in [0.717, 1.165) is 44.4 Å². The molecule has 22 heavy (non-hydrogen) atoms. The molecule has 7 nitrogen and oxygen atoms in total. The quantitative estimate of drug-likeness (QED) is 0.881. The molecule has 7 heteroatoms. The van der Waals surface area contributed by atoms with Crippen LogP contribution in [0.15, 0.2) is 30.7 Å². The van der Waals surface area contributed by atoms with Gasteiger partial charge in [0.05, 0.1) is 0 Å². The van der Waals surface area contributed by atoms with Crippen LogP contribution in [0.5, 0.6) is 0 Å². The number of nitrogens with one attached hydrogen (secondary N) is 1. The van der Waals surface area contributed by atoms with Crippen LogP contribution in [0.1, 0.15) is 6.92 Å². The summed E-state index contributed by atoms with van der Waals surface area (Å²) in [5.41, 5.74) is 6.83. The summed E-state index contributed by atoms with van der Waals surface area (Å²) in [4.78, 5) is 17.5. The monoisotopic (exact) mass is 299 g/mol. The Morgan fingerprint density at radius 3 is 2.64 bits per heavy atom. The van der Waals surface area contributed by atoms with Gasteiger partial charge in [-0.15, -0.1) is 0 Å². The fraction of sp³-hybridized carbons (Fsp3) is 0.400. The van der Waals surface area contributed by atoms with Crippen LogP contribution in [-0.4, -0.2) is 52.6 Å². The van der Waals surface area contributed by atoms with Crippen molar-refractivity contribution in [1.82, 2.24) is 19.9 Å². The van der Waals surface area contributed by atoms with Crippen molar-refractivity contribution in [2.75, 3.05) is 48.7 Å². The Balaban J connectivity index is 1.77. The smallest absolute Gasteiger partial charge is 0.160 e. The van der Waals surface area contributed by atoms with E-state index >= 15 is 0 Å². The maximum atomic E-state index is 6.26. The lowest BCUT2D eigenvalue weighted by Crippen LogP contribution is -2.46. The fourth-order valence-electron chi connectivity index (χ4n) is 2.57. The molecule has 0 radical (unpaired) electrons. The minimum atomic E-state index is 0.568. The highest BCUT2D eigenvalue weighted by atomic mass is 15.3. The van der Waals surface area contributed by atoms with Gasteiger partial charge in [-0.1, -0.05) is 13.0 Å². The maximum Gasteiger partial charge on any atom is 0.160 e. The zero-order chi connectivity index (χ0) is 15.4. The van der Waals surface area contributed by atoms with Gasteiger partial charge >= 0.3 is 0 Å². The van der Waals surface area contributed by atoms with E-state index in [1.807, 2.05) is 18.2 Å².